The number of rotatable bonds is 6. The molecule has 1 fully saturated rings. The number of carboxylic acids is 1. The number of aliphatic carboxylic acids is 1. The number of ether oxygens (including phenoxy) is 1. The molecule has 0 spiro atoms. The average Bonchev–Trinajstić information content (AvgIpc) is 2.68. The summed E-state index contributed by atoms with van der Waals surface area (Å²) in [7, 11) is 0. The number of hydrogen-bond acceptors (Lipinski definition) is 3. The minimum absolute atomic E-state index is 0.337. The maximum Gasteiger partial charge on any atom is 0.336 e. The molecule has 1 heterocycles. The predicted molar refractivity (Wildman–Crippen MR) is 109 cm³/mol. The Labute approximate surface area is 161 Å². The molecule has 0 atom stereocenters. The van der Waals surface area contributed by atoms with Gasteiger partial charge in [0.1, 0.15) is 12.4 Å². The lowest BCUT2D eigenvalue weighted by molar-refractivity contribution is -0.130. The number of anilines is 1. The molecule has 4 nitrogen and oxygen atoms in total. The quantitative estimate of drug-likeness (QED) is 0.721. The SMILES string of the molecule is CC(C)=C(C(=O)O)c1ccccc1COc1ccc(N2CCCCC2)cc1. The lowest BCUT2D eigenvalue weighted by Crippen LogP contribution is -2.29. The third kappa shape index (κ3) is 4.70. The van der Waals surface area contributed by atoms with Gasteiger partial charge in [-0.05, 0) is 68.5 Å². The van der Waals surface area contributed by atoms with Crippen LogP contribution in [0.2, 0.25) is 0 Å². The highest BCUT2D eigenvalue weighted by Crippen LogP contribution is 2.26. The van der Waals surface area contributed by atoms with Crippen molar-refractivity contribution in [1.29, 1.82) is 0 Å². The molecule has 1 N–H and O–H groups in total. The summed E-state index contributed by atoms with van der Waals surface area (Å²) in [5.74, 6) is -0.118. The summed E-state index contributed by atoms with van der Waals surface area (Å²) in [6, 6.07) is 15.7. The molecule has 1 saturated heterocycles. The Hall–Kier alpha value is -2.75. The van der Waals surface area contributed by atoms with Gasteiger partial charge in [-0.1, -0.05) is 29.8 Å². The number of carboxylic acid groups (broad SMARTS) is 1. The van der Waals surface area contributed by atoms with Crippen molar-refractivity contribution < 1.29 is 14.6 Å². The topological polar surface area (TPSA) is 49.8 Å². The van der Waals surface area contributed by atoms with Gasteiger partial charge in [-0.3, -0.25) is 0 Å². The second-order valence-electron chi connectivity index (χ2n) is 7.17. The summed E-state index contributed by atoms with van der Waals surface area (Å²) < 4.78 is 5.95. The lowest BCUT2D eigenvalue weighted by Gasteiger charge is -2.28. The summed E-state index contributed by atoms with van der Waals surface area (Å²) in [5.41, 5.74) is 3.95. The van der Waals surface area contributed by atoms with Crippen molar-refractivity contribution in [3.63, 3.8) is 0 Å². The van der Waals surface area contributed by atoms with E-state index >= 15 is 0 Å². The fraction of sp³-hybridized carbons (Fsp3) is 0.348. The Morgan fingerprint density at radius 3 is 2.30 bits per heavy atom. The van der Waals surface area contributed by atoms with Gasteiger partial charge in [0.25, 0.3) is 0 Å². The van der Waals surface area contributed by atoms with Crippen LogP contribution >= 0.6 is 0 Å². The van der Waals surface area contributed by atoms with E-state index < -0.39 is 5.97 Å². The molecule has 3 rings (SSSR count). The van der Waals surface area contributed by atoms with E-state index in [0.29, 0.717) is 12.2 Å². The zero-order chi connectivity index (χ0) is 19.2. The fourth-order valence-corrected chi connectivity index (χ4v) is 3.55. The Bertz CT molecular complexity index is 814. The van der Waals surface area contributed by atoms with Gasteiger partial charge in [-0.25, -0.2) is 4.79 Å². The summed E-state index contributed by atoms with van der Waals surface area (Å²) >= 11 is 0. The molecule has 27 heavy (non-hydrogen) atoms. The van der Waals surface area contributed by atoms with Crippen LogP contribution < -0.4 is 9.64 Å². The normalized spacial score (nSPS) is 13.9. The first-order valence-electron chi connectivity index (χ1n) is 9.53. The zero-order valence-electron chi connectivity index (χ0n) is 16.1. The van der Waals surface area contributed by atoms with Crippen LogP contribution in [0.1, 0.15) is 44.2 Å². The highest BCUT2D eigenvalue weighted by Gasteiger charge is 2.16. The molecule has 0 saturated carbocycles. The molecule has 1 aliphatic heterocycles. The van der Waals surface area contributed by atoms with Crippen molar-refractivity contribution in [2.45, 2.75) is 39.7 Å². The highest BCUT2D eigenvalue weighted by atomic mass is 16.5. The van der Waals surface area contributed by atoms with Crippen LogP contribution in [0.25, 0.3) is 5.57 Å². The van der Waals surface area contributed by atoms with Gasteiger partial charge in [0.15, 0.2) is 0 Å². The van der Waals surface area contributed by atoms with Crippen molar-refractivity contribution in [3.05, 3.63) is 65.2 Å². The summed E-state index contributed by atoms with van der Waals surface area (Å²) in [6.07, 6.45) is 3.83. The number of piperidine rings is 1. The van der Waals surface area contributed by atoms with Crippen LogP contribution in [0.4, 0.5) is 5.69 Å². The standard InChI is InChI=1S/C23H27NO3/c1-17(2)22(23(25)26)21-9-5-4-8-18(21)16-27-20-12-10-19(11-13-20)24-14-6-3-7-15-24/h4-5,8-13H,3,6-7,14-16H2,1-2H3,(H,25,26). The van der Waals surface area contributed by atoms with Gasteiger partial charge in [0.05, 0.1) is 5.57 Å². The van der Waals surface area contributed by atoms with Gasteiger partial charge in [-0.2, -0.15) is 0 Å². The first kappa shape index (κ1) is 19.0. The van der Waals surface area contributed by atoms with Crippen LogP contribution in [-0.4, -0.2) is 24.2 Å². The molecule has 0 aromatic heterocycles. The second-order valence-corrected chi connectivity index (χ2v) is 7.17. The third-order valence-electron chi connectivity index (χ3n) is 4.95. The van der Waals surface area contributed by atoms with Crippen LogP contribution in [0, 0.1) is 0 Å². The van der Waals surface area contributed by atoms with E-state index in [9.17, 15) is 9.90 Å². The molecule has 2 aromatic carbocycles. The van der Waals surface area contributed by atoms with E-state index in [1.807, 2.05) is 50.2 Å². The fourth-order valence-electron chi connectivity index (χ4n) is 3.55. The van der Waals surface area contributed by atoms with E-state index in [2.05, 4.69) is 17.0 Å². The van der Waals surface area contributed by atoms with E-state index in [-0.39, 0.29) is 0 Å². The third-order valence-corrected chi connectivity index (χ3v) is 4.95. The molecule has 0 radical (unpaired) electrons. The zero-order valence-corrected chi connectivity index (χ0v) is 16.1. The predicted octanol–water partition coefficient (Wildman–Crippen LogP) is 5.13. The minimum Gasteiger partial charge on any atom is -0.489 e. The van der Waals surface area contributed by atoms with Crippen molar-refractivity contribution in [3.8, 4) is 5.75 Å². The van der Waals surface area contributed by atoms with Crippen LogP contribution in [0.3, 0.4) is 0 Å². The first-order chi connectivity index (χ1) is 13.1. The van der Waals surface area contributed by atoms with Gasteiger partial charge >= 0.3 is 5.97 Å². The van der Waals surface area contributed by atoms with Crippen LogP contribution in [0.15, 0.2) is 54.1 Å². The summed E-state index contributed by atoms with van der Waals surface area (Å²) in [6.45, 7) is 6.21. The van der Waals surface area contributed by atoms with E-state index in [4.69, 9.17) is 4.74 Å². The summed E-state index contributed by atoms with van der Waals surface area (Å²) in [4.78, 5) is 14.1. The van der Waals surface area contributed by atoms with Crippen LogP contribution in [-0.2, 0) is 11.4 Å². The van der Waals surface area contributed by atoms with E-state index in [0.717, 1.165) is 35.5 Å². The molecule has 142 valence electrons. The average molecular weight is 365 g/mol. The molecule has 0 unspecified atom stereocenters. The largest absolute Gasteiger partial charge is 0.489 e. The number of benzene rings is 2. The van der Waals surface area contributed by atoms with Gasteiger partial charge in [0.2, 0.25) is 0 Å². The second kappa shape index (κ2) is 8.76. The van der Waals surface area contributed by atoms with E-state index in [1.165, 1.54) is 24.9 Å². The molecule has 1 aliphatic rings. The smallest absolute Gasteiger partial charge is 0.336 e. The molecular formula is C23H27NO3. The van der Waals surface area contributed by atoms with Gasteiger partial charge < -0.3 is 14.7 Å². The Kier molecular flexibility index (Phi) is 6.17. The molecule has 4 heteroatoms. The number of allylic oxidation sites excluding steroid dienone is 1. The monoisotopic (exact) mass is 365 g/mol. The molecular weight excluding hydrogens is 338 g/mol. The molecule has 0 amide bonds. The Balaban J connectivity index is 1.72. The van der Waals surface area contributed by atoms with Gasteiger partial charge in [0, 0.05) is 18.8 Å². The maximum absolute atomic E-state index is 11.7. The Morgan fingerprint density at radius 2 is 1.67 bits per heavy atom. The lowest BCUT2D eigenvalue weighted by atomic mass is 9.97. The number of nitrogens with zero attached hydrogens (tertiary/aromatic N) is 1. The first-order valence-corrected chi connectivity index (χ1v) is 9.53. The van der Waals surface area contributed by atoms with Crippen molar-refractivity contribution in [2.75, 3.05) is 18.0 Å². The van der Waals surface area contributed by atoms with Crippen LogP contribution in [0.5, 0.6) is 5.75 Å². The van der Waals surface area contributed by atoms with Gasteiger partial charge in [-0.15, -0.1) is 0 Å². The van der Waals surface area contributed by atoms with Crippen molar-refractivity contribution >= 4 is 17.2 Å². The molecule has 0 aliphatic carbocycles. The Morgan fingerprint density at radius 1 is 1.00 bits per heavy atom. The van der Waals surface area contributed by atoms with E-state index in [1.54, 1.807) is 0 Å². The summed E-state index contributed by atoms with van der Waals surface area (Å²) in [5, 5.41) is 9.56. The minimum atomic E-state index is -0.909. The molecule has 0 bridgehead atoms. The number of hydrogen-bond donors (Lipinski definition) is 1. The molecule has 2 aromatic rings. The highest BCUT2D eigenvalue weighted by molar-refractivity contribution is 6.16. The van der Waals surface area contributed by atoms with Crippen molar-refractivity contribution in [2.24, 2.45) is 0 Å². The van der Waals surface area contributed by atoms with Crippen molar-refractivity contribution in [1.82, 2.24) is 0 Å². The maximum atomic E-state index is 11.7. The number of carbonyl (C=O) groups is 1.